The molecule has 0 unspecified atom stereocenters. The number of hydrogen-bond acceptors (Lipinski definition) is 5. The van der Waals surface area contributed by atoms with Gasteiger partial charge in [0.15, 0.2) is 0 Å². The Hall–Kier alpha value is -3.06. The van der Waals surface area contributed by atoms with Crippen LogP contribution >= 0.6 is 0 Å². The molecule has 0 saturated carbocycles. The van der Waals surface area contributed by atoms with E-state index in [0.717, 1.165) is 41.0 Å². The third-order valence-electron chi connectivity index (χ3n) is 6.16. The number of carbonyl (C=O) groups excluding carboxylic acids is 1. The van der Waals surface area contributed by atoms with Crippen LogP contribution in [-0.2, 0) is 11.3 Å². The maximum Gasteiger partial charge on any atom is 0.240 e. The Bertz CT molecular complexity index is 1100. The molecule has 1 N–H and O–H groups in total. The van der Waals surface area contributed by atoms with Gasteiger partial charge in [-0.05, 0) is 76.5 Å². The predicted octanol–water partition coefficient (Wildman–Crippen LogP) is 4.49. The summed E-state index contributed by atoms with van der Waals surface area (Å²) >= 11 is 0. The van der Waals surface area contributed by atoms with E-state index in [1.807, 2.05) is 48.7 Å². The van der Waals surface area contributed by atoms with E-state index in [0.29, 0.717) is 12.5 Å². The number of benzene rings is 1. The molecule has 4 rings (SSSR count). The lowest BCUT2D eigenvalue weighted by atomic mass is 10.1. The molecule has 1 saturated heterocycles. The molecule has 7 heteroatoms. The largest absolute Gasteiger partial charge is 0.494 e. The van der Waals surface area contributed by atoms with Crippen molar-refractivity contribution in [3.05, 3.63) is 42.5 Å². The summed E-state index contributed by atoms with van der Waals surface area (Å²) in [7, 11) is 1.60. The molecule has 0 spiro atoms. The Balaban J connectivity index is 1.54. The lowest BCUT2D eigenvalue weighted by Gasteiger charge is -2.26. The summed E-state index contributed by atoms with van der Waals surface area (Å²) in [6, 6.07) is 13.9. The van der Waals surface area contributed by atoms with Gasteiger partial charge in [-0.15, -0.1) is 0 Å². The van der Waals surface area contributed by atoms with Crippen molar-refractivity contribution >= 4 is 16.8 Å². The van der Waals surface area contributed by atoms with E-state index < -0.39 is 0 Å². The number of aromatic nitrogens is 2. The van der Waals surface area contributed by atoms with Gasteiger partial charge in [0.05, 0.1) is 25.1 Å². The summed E-state index contributed by atoms with van der Waals surface area (Å²) in [5, 5.41) is 4.01. The quantitative estimate of drug-likeness (QED) is 0.448. The molecule has 0 radical (unpaired) electrons. The predicted molar refractivity (Wildman–Crippen MR) is 135 cm³/mol. The number of ether oxygens (including phenoxy) is 2. The third-order valence-corrected chi connectivity index (χ3v) is 6.16. The summed E-state index contributed by atoms with van der Waals surface area (Å²) in [5.41, 5.74) is 2.60. The van der Waals surface area contributed by atoms with E-state index in [4.69, 9.17) is 9.47 Å². The van der Waals surface area contributed by atoms with Crippen molar-refractivity contribution in [2.45, 2.75) is 52.1 Å². The highest BCUT2D eigenvalue weighted by Gasteiger charge is 2.16. The standard InChI is InChI=1S/C27H36N4O3/c1-20(2)28-26(32)19-31-24-12-11-22(34-16-8-15-30-13-5-4-6-14-30)17-21(24)18-25(31)23-9-7-10-27(29-23)33-3/h7,9-12,17-18,20H,4-6,8,13-16,19H2,1-3H3,(H,28,32). The van der Waals surface area contributed by atoms with Crippen molar-refractivity contribution in [3.8, 4) is 23.0 Å². The second-order valence-corrected chi connectivity index (χ2v) is 9.23. The highest BCUT2D eigenvalue weighted by molar-refractivity contribution is 5.89. The Labute approximate surface area is 202 Å². The number of nitrogens with one attached hydrogen (secondary N) is 1. The lowest BCUT2D eigenvalue weighted by molar-refractivity contribution is -0.122. The van der Waals surface area contributed by atoms with Crippen LogP contribution in [0.3, 0.4) is 0 Å². The minimum atomic E-state index is -0.0327. The third kappa shape index (κ3) is 6.08. The number of hydrogen-bond donors (Lipinski definition) is 1. The molecule has 1 fully saturated rings. The first kappa shape index (κ1) is 24.1. The molecule has 1 aliphatic heterocycles. The molecule has 7 nitrogen and oxygen atoms in total. The van der Waals surface area contributed by atoms with Gasteiger partial charge in [-0.1, -0.05) is 12.5 Å². The van der Waals surface area contributed by atoms with Gasteiger partial charge in [0, 0.05) is 29.6 Å². The zero-order chi connectivity index (χ0) is 23.9. The summed E-state index contributed by atoms with van der Waals surface area (Å²) in [5.74, 6) is 1.36. The molecule has 182 valence electrons. The van der Waals surface area contributed by atoms with Gasteiger partial charge in [-0.2, -0.15) is 0 Å². The average molecular weight is 465 g/mol. The van der Waals surface area contributed by atoms with Crippen molar-refractivity contribution < 1.29 is 14.3 Å². The number of pyridine rings is 1. The van der Waals surface area contributed by atoms with E-state index in [-0.39, 0.29) is 18.5 Å². The number of carbonyl (C=O) groups is 1. The Morgan fingerprint density at radius 3 is 2.71 bits per heavy atom. The van der Waals surface area contributed by atoms with Crippen LogP contribution in [0.2, 0.25) is 0 Å². The number of rotatable bonds is 10. The fourth-order valence-electron chi connectivity index (χ4n) is 4.56. The molecule has 0 bridgehead atoms. The zero-order valence-corrected chi connectivity index (χ0v) is 20.5. The van der Waals surface area contributed by atoms with Crippen LogP contribution in [0.25, 0.3) is 22.3 Å². The van der Waals surface area contributed by atoms with Crippen LogP contribution in [0.1, 0.15) is 39.5 Å². The molecule has 1 aromatic carbocycles. The van der Waals surface area contributed by atoms with E-state index in [2.05, 4.69) is 27.3 Å². The van der Waals surface area contributed by atoms with Crippen molar-refractivity contribution in [1.29, 1.82) is 0 Å². The molecule has 1 amide bonds. The van der Waals surface area contributed by atoms with Crippen LogP contribution in [0.5, 0.6) is 11.6 Å². The first-order valence-corrected chi connectivity index (χ1v) is 12.3. The van der Waals surface area contributed by atoms with E-state index >= 15 is 0 Å². The van der Waals surface area contributed by atoms with E-state index in [1.54, 1.807) is 7.11 Å². The molecule has 2 aromatic heterocycles. The normalized spacial score (nSPS) is 14.5. The number of fused-ring (bicyclic) bond motifs is 1. The van der Waals surface area contributed by atoms with Gasteiger partial charge in [0.2, 0.25) is 11.8 Å². The summed E-state index contributed by atoms with van der Waals surface area (Å²) in [6.45, 7) is 8.36. The second-order valence-electron chi connectivity index (χ2n) is 9.23. The Kier molecular flexibility index (Phi) is 8.06. The minimum absolute atomic E-state index is 0.0327. The highest BCUT2D eigenvalue weighted by Crippen LogP contribution is 2.31. The maximum absolute atomic E-state index is 12.6. The van der Waals surface area contributed by atoms with Crippen LogP contribution in [0, 0.1) is 0 Å². The molecule has 34 heavy (non-hydrogen) atoms. The molecular weight excluding hydrogens is 428 g/mol. The number of amides is 1. The molecule has 1 aliphatic rings. The molecule has 3 aromatic rings. The van der Waals surface area contributed by atoms with Gasteiger partial charge in [-0.3, -0.25) is 4.79 Å². The number of nitrogens with zero attached hydrogens (tertiary/aromatic N) is 3. The minimum Gasteiger partial charge on any atom is -0.494 e. The van der Waals surface area contributed by atoms with E-state index in [9.17, 15) is 4.79 Å². The fourth-order valence-corrected chi connectivity index (χ4v) is 4.56. The van der Waals surface area contributed by atoms with Crippen LogP contribution in [0.15, 0.2) is 42.5 Å². The van der Waals surface area contributed by atoms with Crippen LogP contribution in [0.4, 0.5) is 0 Å². The van der Waals surface area contributed by atoms with Crippen molar-refractivity contribution in [2.75, 3.05) is 33.4 Å². The lowest BCUT2D eigenvalue weighted by Crippen LogP contribution is -2.33. The van der Waals surface area contributed by atoms with E-state index in [1.165, 1.54) is 32.4 Å². The summed E-state index contributed by atoms with van der Waals surface area (Å²) in [6.07, 6.45) is 5.01. The zero-order valence-electron chi connectivity index (χ0n) is 20.5. The highest BCUT2D eigenvalue weighted by atomic mass is 16.5. The van der Waals surface area contributed by atoms with Gasteiger partial charge in [0.25, 0.3) is 0 Å². The number of methoxy groups -OCH3 is 1. The average Bonchev–Trinajstić information content (AvgIpc) is 3.19. The fraction of sp³-hybridized carbons (Fsp3) is 0.481. The maximum atomic E-state index is 12.6. The Morgan fingerprint density at radius 1 is 1.12 bits per heavy atom. The Morgan fingerprint density at radius 2 is 1.94 bits per heavy atom. The topological polar surface area (TPSA) is 68.6 Å². The molecular formula is C27H36N4O3. The van der Waals surface area contributed by atoms with Gasteiger partial charge in [-0.25, -0.2) is 4.98 Å². The first-order chi connectivity index (χ1) is 16.5. The van der Waals surface area contributed by atoms with Crippen molar-refractivity contribution in [3.63, 3.8) is 0 Å². The number of piperidine rings is 1. The molecule has 0 aliphatic carbocycles. The first-order valence-electron chi connectivity index (χ1n) is 12.3. The monoisotopic (exact) mass is 464 g/mol. The van der Waals surface area contributed by atoms with Crippen LogP contribution in [-0.4, -0.2) is 59.8 Å². The van der Waals surface area contributed by atoms with Gasteiger partial charge < -0.3 is 24.3 Å². The van der Waals surface area contributed by atoms with Gasteiger partial charge in [0.1, 0.15) is 12.3 Å². The SMILES string of the molecule is COc1cccc(-c2cc3cc(OCCCN4CCCCC4)ccc3n2CC(=O)NC(C)C)n1. The molecule has 3 heterocycles. The summed E-state index contributed by atoms with van der Waals surface area (Å²) in [4.78, 5) is 19.8. The smallest absolute Gasteiger partial charge is 0.240 e. The van der Waals surface area contributed by atoms with Crippen LogP contribution < -0.4 is 14.8 Å². The number of likely N-dealkylation sites (tertiary alicyclic amines) is 1. The molecule has 0 atom stereocenters. The second kappa shape index (κ2) is 11.4. The summed E-state index contributed by atoms with van der Waals surface area (Å²) < 4.78 is 13.4. The van der Waals surface area contributed by atoms with Crippen molar-refractivity contribution in [1.82, 2.24) is 19.8 Å². The van der Waals surface area contributed by atoms with Crippen molar-refractivity contribution in [2.24, 2.45) is 0 Å². The van der Waals surface area contributed by atoms with Gasteiger partial charge >= 0.3 is 0 Å².